The highest BCUT2D eigenvalue weighted by atomic mass is 32.2. The highest BCUT2D eigenvalue weighted by Gasteiger charge is 2.10. The van der Waals surface area contributed by atoms with Crippen molar-refractivity contribution in [1.82, 2.24) is 4.72 Å². The average molecular weight is 304 g/mol. The fourth-order valence-corrected chi connectivity index (χ4v) is 3.78. The van der Waals surface area contributed by atoms with Crippen LogP contribution < -0.4 is 10.5 Å². The van der Waals surface area contributed by atoms with Gasteiger partial charge in [-0.15, -0.1) is 11.8 Å². The third-order valence-corrected chi connectivity index (χ3v) is 5.15. The smallest absolute Gasteiger partial charge is 0.212 e. The van der Waals surface area contributed by atoms with E-state index in [1.165, 1.54) is 11.8 Å². The van der Waals surface area contributed by atoms with E-state index in [4.69, 9.17) is 10.8 Å². The number of aliphatic hydroxyl groups is 1. The summed E-state index contributed by atoms with van der Waals surface area (Å²) in [5.41, 5.74) is 6.43. The van der Waals surface area contributed by atoms with Crippen LogP contribution in [0.25, 0.3) is 0 Å². The minimum absolute atomic E-state index is 0.0335. The summed E-state index contributed by atoms with van der Waals surface area (Å²) >= 11 is 1.42. The van der Waals surface area contributed by atoms with Crippen molar-refractivity contribution in [2.75, 3.05) is 23.8 Å². The number of nitrogens with one attached hydrogen (secondary N) is 1. The molecule has 1 atom stereocenters. The van der Waals surface area contributed by atoms with Crippen molar-refractivity contribution in [1.29, 1.82) is 0 Å². The second kappa shape index (κ2) is 7.74. The molecule has 0 saturated carbocycles. The fraction of sp³-hybridized carbons (Fsp3) is 0.500. The second-order valence-electron chi connectivity index (χ2n) is 4.24. The van der Waals surface area contributed by atoms with Crippen LogP contribution in [0.1, 0.15) is 13.3 Å². The SMILES string of the molecule is CC(O)CCNS(=O)(=O)CCSc1ccccc1N. The molecule has 1 aromatic rings. The van der Waals surface area contributed by atoms with Crippen molar-refractivity contribution in [2.24, 2.45) is 0 Å². The number of aliphatic hydroxyl groups excluding tert-OH is 1. The molecular formula is C12H20N2O3S2. The summed E-state index contributed by atoms with van der Waals surface area (Å²) in [5, 5.41) is 9.05. The first-order valence-corrected chi connectivity index (χ1v) is 8.67. The molecule has 0 spiro atoms. The van der Waals surface area contributed by atoms with Crippen LogP contribution in [0, 0.1) is 0 Å². The average Bonchev–Trinajstić information content (AvgIpc) is 2.30. The predicted octanol–water partition coefficient (Wildman–Crippen LogP) is 1.05. The van der Waals surface area contributed by atoms with Crippen molar-refractivity contribution in [3.8, 4) is 0 Å². The molecule has 5 nitrogen and oxygen atoms in total. The minimum Gasteiger partial charge on any atom is -0.398 e. The summed E-state index contributed by atoms with van der Waals surface area (Å²) < 4.78 is 25.8. The van der Waals surface area contributed by atoms with Crippen LogP contribution in [0.4, 0.5) is 5.69 Å². The Labute approximate surface area is 118 Å². The molecule has 0 fully saturated rings. The summed E-state index contributed by atoms with van der Waals surface area (Å²) in [4.78, 5) is 0.890. The van der Waals surface area contributed by atoms with Gasteiger partial charge in [0.2, 0.25) is 10.0 Å². The molecule has 0 aliphatic carbocycles. The molecule has 0 amide bonds. The Kier molecular flexibility index (Phi) is 6.64. The summed E-state index contributed by atoms with van der Waals surface area (Å²) in [7, 11) is -3.28. The molecule has 0 aliphatic heterocycles. The maximum atomic E-state index is 11.6. The quantitative estimate of drug-likeness (QED) is 0.493. The fourth-order valence-electron chi connectivity index (χ4n) is 1.37. The van der Waals surface area contributed by atoms with Crippen LogP contribution in [-0.2, 0) is 10.0 Å². The number of nitrogens with two attached hydrogens (primary N) is 1. The Morgan fingerprint density at radius 3 is 2.74 bits per heavy atom. The van der Waals surface area contributed by atoms with Gasteiger partial charge in [0.25, 0.3) is 0 Å². The number of hydrogen-bond acceptors (Lipinski definition) is 5. The number of nitrogen functional groups attached to an aromatic ring is 1. The van der Waals surface area contributed by atoms with Gasteiger partial charge < -0.3 is 10.8 Å². The van der Waals surface area contributed by atoms with Gasteiger partial charge in [-0.25, -0.2) is 13.1 Å². The van der Waals surface area contributed by atoms with Crippen LogP contribution in [0.3, 0.4) is 0 Å². The molecule has 1 unspecified atom stereocenters. The van der Waals surface area contributed by atoms with Crippen molar-refractivity contribution in [3.05, 3.63) is 24.3 Å². The normalized spacial score (nSPS) is 13.4. The molecule has 0 bridgehead atoms. The molecule has 4 N–H and O–H groups in total. The zero-order chi connectivity index (χ0) is 14.3. The van der Waals surface area contributed by atoms with E-state index >= 15 is 0 Å². The molecule has 1 rings (SSSR count). The van der Waals surface area contributed by atoms with Crippen LogP contribution in [0.2, 0.25) is 0 Å². The van der Waals surface area contributed by atoms with E-state index < -0.39 is 16.1 Å². The zero-order valence-corrected chi connectivity index (χ0v) is 12.5. The lowest BCUT2D eigenvalue weighted by atomic mass is 10.3. The maximum Gasteiger partial charge on any atom is 0.212 e. The highest BCUT2D eigenvalue weighted by molar-refractivity contribution is 8.00. The summed E-state index contributed by atoms with van der Waals surface area (Å²) in [6.45, 7) is 1.89. The van der Waals surface area contributed by atoms with Gasteiger partial charge in [0, 0.05) is 22.9 Å². The lowest BCUT2D eigenvalue weighted by Gasteiger charge is -2.08. The van der Waals surface area contributed by atoms with Crippen LogP contribution in [0.15, 0.2) is 29.2 Å². The molecule has 7 heteroatoms. The van der Waals surface area contributed by atoms with Crippen LogP contribution >= 0.6 is 11.8 Å². The van der Waals surface area contributed by atoms with E-state index in [9.17, 15) is 8.42 Å². The molecule has 0 aromatic heterocycles. The van der Waals surface area contributed by atoms with Gasteiger partial charge in [0.1, 0.15) is 0 Å². The Bertz CT molecular complexity index is 490. The molecule has 0 heterocycles. The molecule has 108 valence electrons. The van der Waals surface area contributed by atoms with E-state index in [1.54, 1.807) is 13.0 Å². The third-order valence-electron chi connectivity index (χ3n) is 2.41. The van der Waals surface area contributed by atoms with E-state index in [2.05, 4.69) is 4.72 Å². The zero-order valence-electron chi connectivity index (χ0n) is 10.9. The predicted molar refractivity (Wildman–Crippen MR) is 79.7 cm³/mol. The van der Waals surface area contributed by atoms with E-state index in [1.807, 2.05) is 18.2 Å². The molecule has 0 radical (unpaired) electrons. The van der Waals surface area contributed by atoms with Gasteiger partial charge in [0.05, 0.1) is 11.9 Å². The van der Waals surface area contributed by atoms with E-state index in [0.29, 0.717) is 17.9 Å². The topological polar surface area (TPSA) is 92.4 Å². The van der Waals surface area contributed by atoms with E-state index in [0.717, 1.165) is 4.90 Å². The van der Waals surface area contributed by atoms with Gasteiger partial charge in [-0.2, -0.15) is 0 Å². The number of thioether (sulfide) groups is 1. The minimum atomic E-state index is -3.28. The molecule has 19 heavy (non-hydrogen) atoms. The summed E-state index contributed by atoms with van der Waals surface area (Å²) in [5.74, 6) is 0.476. The lowest BCUT2D eigenvalue weighted by Crippen LogP contribution is -2.29. The Morgan fingerprint density at radius 1 is 1.42 bits per heavy atom. The van der Waals surface area contributed by atoms with E-state index in [-0.39, 0.29) is 12.3 Å². The number of anilines is 1. The number of hydrogen-bond donors (Lipinski definition) is 3. The first kappa shape index (κ1) is 16.3. The Balaban J connectivity index is 2.34. The van der Waals surface area contributed by atoms with Gasteiger partial charge >= 0.3 is 0 Å². The highest BCUT2D eigenvalue weighted by Crippen LogP contribution is 2.24. The van der Waals surface area contributed by atoms with Crippen molar-refractivity contribution < 1.29 is 13.5 Å². The molecule has 1 aromatic carbocycles. The molecular weight excluding hydrogens is 284 g/mol. The largest absolute Gasteiger partial charge is 0.398 e. The number of rotatable bonds is 8. The molecule has 0 aliphatic rings. The molecule has 0 saturated heterocycles. The van der Waals surface area contributed by atoms with Gasteiger partial charge in [-0.05, 0) is 25.5 Å². The van der Waals surface area contributed by atoms with Crippen molar-refractivity contribution in [2.45, 2.75) is 24.3 Å². The van der Waals surface area contributed by atoms with Crippen LogP contribution in [-0.4, -0.2) is 37.7 Å². The Morgan fingerprint density at radius 2 is 2.11 bits per heavy atom. The van der Waals surface area contributed by atoms with Crippen molar-refractivity contribution >= 4 is 27.5 Å². The summed E-state index contributed by atoms with van der Waals surface area (Å²) in [6, 6.07) is 7.37. The number of para-hydroxylation sites is 1. The number of sulfonamides is 1. The lowest BCUT2D eigenvalue weighted by molar-refractivity contribution is 0.186. The Hall–Kier alpha value is -0.760. The van der Waals surface area contributed by atoms with Gasteiger partial charge in [0.15, 0.2) is 0 Å². The third kappa shape index (κ3) is 6.81. The van der Waals surface area contributed by atoms with Crippen molar-refractivity contribution in [3.63, 3.8) is 0 Å². The number of benzene rings is 1. The summed E-state index contributed by atoms with van der Waals surface area (Å²) in [6.07, 6.45) is -0.0842. The van der Waals surface area contributed by atoms with Crippen LogP contribution in [0.5, 0.6) is 0 Å². The van der Waals surface area contributed by atoms with Gasteiger partial charge in [-0.3, -0.25) is 0 Å². The first-order valence-electron chi connectivity index (χ1n) is 6.03. The second-order valence-corrected chi connectivity index (χ2v) is 7.30. The first-order chi connectivity index (χ1) is 8.91. The van der Waals surface area contributed by atoms with Gasteiger partial charge in [-0.1, -0.05) is 12.1 Å². The maximum absolute atomic E-state index is 11.6. The standard InChI is InChI=1S/C12H20N2O3S2/c1-10(15)6-7-14-19(16,17)9-8-18-12-5-3-2-4-11(12)13/h2-5,10,14-15H,6-9,13H2,1H3. The monoisotopic (exact) mass is 304 g/mol.